The summed E-state index contributed by atoms with van der Waals surface area (Å²) in [5, 5.41) is 3.14. The van der Waals surface area contributed by atoms with Crippen molar-refractivity contribution in [1.82, 2.24) is 14.5 Å². The van der Waals surface area contributed by atoms with Crippen LogP contribution in [0.25, 0.3) is 48.4 Å². The van der Waals surface area contributed by atoms with Crippen LogP contribution in [-0.2, 0) is 26.5 Å². The van der Waals surface area contributed by atoms with Crippen LogP contribution in [0.2, 0.25) is 0 Å². The van der Waals surface area contributed by atoms with Gasteiger partial charge in [0, 0.05) is 38.4 Å². The zero-order chi connectivity index (χ0) is 31.4. The Morgan fingerprint density at radius 1 is 0.750 bits per heavy atom. The largest absolute Gasteiger partial charge is 2.00 e. The number of thiazole rings is 1. The minimum Gasteiger partial charge on any atom is -0.518 e. The maximum Gasteiger partial charge on any atom is 2.00 e. The third-order valence-corrected chi connectivity index (χ3v) is 10.4. The molecule has 0 fully saturated rings. The minimum absolute atomic E-state index is 0. The molecular weight excluding hydrogens is 792 g/mol. The molecule has 0 amide bonds. The Morgan fingerprint density at radius 2 is 1.52 bits per heavy atom. The molecule has 0 N–H and O–H groups in total. The first kappa shape index (κ1) is 29.4. The van der Waals surface area contributed by atoms with Crippen LogP contribution in [0.4, 0.5) is 0 Å². The van der Waals surface area contributed by atoms with Gasteiger partial charge in [0.2, 0.25) is 6.71 Å². The van der Waals surface area contributed by atoms with Gasteiger partial charge in [-0.1, -0.05) is 68.1 Å². The van der Waals surface area contributed by atoms with Crippen molar-refractivity contribution < 1.29 is 30.5 Å². The molecule has 3 aromatic heterocycles. The molecule has 0 radical (unpaired) electrons. The molecule has 0 unspecified atom stereocenters. The first-order valence-corrected chi connectivity index (χ1v) is 16.6. The van der Waals surface area contributed by atoms with Crippen LogP contribution in [0.5, 0.6) is 23.0 Å². The van der Waals surface area contributed by atoms with Gasteiger partial charge in [-0.05, 0) is 58.8 Å². The molecule has 0 bridgehead atoms. The van der Waals surface area contributed by atoms with Gasteiger partial charge in [-0.2, -0.15) is 17.4 Å². The first-order valence-electron chi connectivity index (χ1n) is 15.8. The van der Waals surface area contributed by atoms with Gasteiger partial charge < -0.3 is 14.0 Å². The van der Waals surface area contributed by atoms with E-state index >= 15 is 0 Å². The number of aromatic nitrogens is 3. The molecule has 10 rings (SSSR count). The fourth-order valence-corrected chi connectivity index (χ4v) is 7.99. The third kappa shape index (κ3) is 4.34. The van der Waals surface area contributed by atoms with Gasteiger partial charge in [-0.25, -0.2) is 4.98 Å². The van der Waals surface area contributed by atoms with Crippen LogP contribution in [0.3, 0.4) is 0 Å². The Morgan fingerprint density at radius 3 is 2.35 bits per heavy atom. The van der Waals surface area contributed by atoms with Crippen molar-refractivity contribution >= 4 is 66.5 Å². The molecule has 5 heterocycles. The molecule has 48 heavy (non-hydrogen) atoms. The summed E-state index contributed by atoms with van der Waals surface area (Å²) in [4.78, 5) is 9.83. The van der Waals surface area contributed by atoms with Crippen LogP contribution in [0, 0.1) is 12.1 Å². The van der Waals surface area contributed by atoms with Gasteiger partial charge >= 0.3 is 21.1 Å². The maximum absolute atomic E-state index is 6.67. The van der Waals surface area contributed by atoms with Crippen molar-refractivity contribution in [3.63, 3.8) is 0 Å². The number of para-hydroxylation sites is 2. The molecule has 0 atom stereocenters. The van der Waals surface area contributed by atoms with Gasteiger partial charge in [0.15, 0.2) is 0 Å². The minimum atomic E-state index is -0.187. The van der Waals surface area contributed by atoms with Crippen molar-refractivity contribution in [2.75, 3.05) is 0 Å². The van der Waals surface area contributed by atoms with Gasteiger partial charge in [0.25, 0.3) is 0 Å². The number of benzene rings is 5. The number of ether oxygens (including phenoxy) is 2. The van der Waals surface area contributed by atoms with Crippen molar-refractivity contribution in [2.24, 2.45) is 0 Å². The Labute approximate surface area is 296 Å². The van der Waals surface area contributed by atoms with E-state index in [1.54, 1.807) is 11.3 Å². The smallest absolute Gasteiger partial charge is 0.518 e. The average Bonchev–Trinajstić information content (AvgIpc) is 3.66. The van der Waals surface area contributed by atoms with E-state index in [0.717, 1.165) is 87.8 Å². The van der Waals surface area contributed by atoms with Crippen molar-refractivity contribution in [3.8, 4) is 39.4 Å². The van der Waals surface area contributed by atoms with E-state index < -0.39 is 0 Å². The Hall–Kier alpha value is -4.71. The zero-order valence-corrected chi connectivity index (χ0v) is 29.4. The second kappa shape index (κ2) is 10.6. The van der Waals surface area contributed by atoms with Crippen LogP contribution in [0.15, 0.2) is 103 Å². The maximum atomic E-state index is 6.67. The van der Waals surface area contributed by atoms with E-state index in [1.165, 1.54) is 5.56 Å². The van der Waals surface area contributed by atoms with Crippen molar-refractivity contribution in [3.05, 3.63) is 121 Å². The quantitative estimate of drug-likeness (QED) is 0.131. The fourth-order valence-electron chi connectivity index (χ4n) is 7.05. The molecule has 2 aliphatic heterocycles. The fraction of sp³-hybridized carbons (Fsp3) is 0.100. The first-order chi connectivity index (χ1) is 22.9. The van der Waals surface area contributed by atoms with Crippen LogP contribution in [-0.4, -0.2) is 21.2 Å². The van der Waals surface area contributed by atoms with Crippen molar-refractivity contribution in [2.45, 2.75) is 26.2 Å². The van der Waals surface area contributed by atoms with E-state index in [9.17, 15) is 0 Å². The standard InChI is InChI=1S/C40H26BN3O2S.Pt/c1-40(2,3)24-17-18-42-37(20-24)44-30-11-6-4-9-25(30)26-21-35-28(22-31(26)44)41-27-19-23(39-43-29-10-5-7-14-36(29)47-39)15-16-32(27)45-33-12-8-13-34(46-35)38(33)41;/h4-18,20-21H,1-3H3;/q-2;+2. The number of fused-ring (bicyclic) bond motifs is 8. The summed E-state index contributed by atoms with van der Waals surface area (Å²) < 4.78 is 16.6. The molecule has 5 aromatic carbocycles. The van der Waals surface area contributed by atoms with Crippen LogP contribution in [0.1, 0.15) is 26.3 Å². The van der Waals surface area contributed by atoms with Crippen molar-refractivity contribution in [1.29, 1.82) is 0 Å². The Bertz CT molecular complexity index is 2570. The monoisotopic (exact) mass is 818 g/mol. The van der Waals surface area contributed by atoms with Gasteiger partial charge in [0.1, 0.15) is 17.3 Å². The predicted octanol–water partition coefficient (Wildman–Crippen LogP) is 8.08. The molecule has 0 saturated heterocycles. The SMILES string of the molecule is CC(C)(C)c1ccnc(-n2c3[c-]c4c(cc3c3ccccc32)Oc2cccc3c2B4c2[c-]c(-c4nc5ccccc5s4)ccc2O3)c1.[Pt+2]. The van der Waals surface area contributed by atoms with Gasteiger partial charge in [0.05, 0.1) is 5.52 Å². The average molecular weight is 819 g/mol. The molecule has 8 aromatic rings. The molecule has 2 aliphatic rings. The summed E-state index contributed by atoms with van der Waals surface area (Å²) in [5.41, 5.74) is 8.09. The molecular formula is C40H26BN3O2PtS. The molecule has 0 spiro atoms. The normalized spacial score (nSPS) is 13.0. The summed E-state index contributed by atoms with van der Waals surface area (Å²) in [6.45, 7) is 6.50. The van der Waals surface area contributed by atoms with E-state index in [1.807, 2.05) is 30.5 Å². The number of nitrogens with zero attached hydrogens (tertiary/aromatic N) is 3. The molecule has 8 heteroatoms. The summed E-state index contributed by atoms with van der Waals surface area (Å²) in [7, 11) is 0. The zero-order valence-electron chi connectivity index (χ0n) is 26.3. The van der Waals surface area contributed by atoms with E-state index in [4.69, 9.17) is 19.4 Å². The topological polar surface area (TPSA) is 49.2 Å². The summed E-state index contributed by atoms with van der Waals surface area (Å²) in [5.74, 6) is 4.03. The van der Waals surface area contributed by atoms with Crippen LogP contribution >= 0.6 is 11.3 Å². The third-order valence-electron chi connectivity index (χ3n) is 9.34. The van der Waals surface area contributed by atoms with E-state index in [2.05, 4.69) is 110 Å². The Kier molecular flexibility index (Phi) is 6.53. The second-order valence-electron chi connectivity index (χ2n) is 13.3. The molecule has 0 aliphatic carbocycles. The second-order valence-corrected chi connectivity index (χ2v) is 14.3. The molecule has 232 valence electrons. The van der Waals surface area contributed by atoms with Gasteiger partial charge in [-0.3, -0.25) is 4.98 Å². The number of pyridine rings is 1. The van der Waals surface area contributed by atoms with E-state index in [-0.39, 0.29) is 33.2 Å². The van der Waals surface area contributed by atoms with E-state index in [0.29, 0.717) is 0 Å². The van der Waals surface area contributed by atoms with Crippen LogP contribution < -0.4 is 25.9 Å². The number of hydrogen-bond donors (Lipinski definition) is 0. The molecule has 5 nitrogen and oxygen atoms in total. The Balaban J connectivity index is 0.00000314. The summed E-state index contributed by atoms with van der Waals surface area (Å²) in [6, 6.07) is 41.0. The number of rotatable bonds is 2. The number of hydrogen-bond acceptors (Lipinski definition) is 5. The van der Waals surface area contributed by atoms with Gasteiger partial charge in [-0.15, -0.1) is 40.8 Å². The molecule has 0 saturated carbocycles. The summed E-state index contributed by atoms with van der Waals surface area (Å²) in [6.07, 6.45) is 1.91. The summed E-state index contributed by atoms with van der Waals surface area (Å²) >= 11 is 1.68. The predicted molar refractivity (Wildman–Crippen MR) is 191 cm³/mol.